The molecule has 0 radical (unpaired) electrons. The topological polar surface area (TPSA) is 12.5 Å². The molecule has 0 amide bonds. The molecule has 4 aromatic rings. The highest BCUT2D eigenvalue weighted by atomic mass is 16.5. The van der Waals surface area contributed by atoms with E-state index in [-0.39, 0.29) is 5.41 Å². The largest absolute Gasteiger partial charge is 0.472 e. The molecule has 0 N–H and O–H groups in total. The quantitative estimate of drug-likeness (QED) is 0.229. The lowest BCUT2D eigenvalue weighted by molar-refractivity contribution is 0.162. The zero-order chi connectivity index (χ0) is 29.2. The first kappa shape index (κ1) is 26.8. The van der Waals surface area contributed by atoms with Gasteiger partial charge in [-0.3, -0.25) is 0 Å². The van der Waals surface area contributed by atoms with E-state index in [1.807, 2.05) is 0 Å². The van der Waals surface area contributed by atoms with Crippen molar-refractivity contribution in [3.05, 3.63) is 124 Å². The van der Waals surface area contributed by atoms with Crippen molar-refractivity contribution >= 4 is 22.5 Å². The standard InChI is InChI=1S/C41H43NO/c1-28-26-37-35(28)27-36-32-16-10-11-17-33(32)39-34(38(36)40(37)23-12-5-4-6-13-24-40)22-25-41(43-39,29-14-8-7-9-15-29)30-18-20-31(21-19-30)42(2)3/h7-11,14-22,25-26,28,35H,4-6,12-13,23-24,27H2,1-3H3. The lowest BCUT2D eigenvalue weighted by atomic mass is 9.50. The molecule has 4 aromatic carbocycles. The van der Waals surface area contributed by atoms with Gasteiger partial charge in [-0.05, 0) is 65.8 Å². The van der Waals surface area contributed by atoms with Crippen LogP contribution in [0.5, 0.6) is 5.75 Å². The third kappa shape index (κ3) is 3.98. The normalized spacial score (nSPS) is 25.3. The Morgan fingerprint density at radius 1 is 0.744 bits per heavy atom. The van der Waals surface area contributed by atoms with Gasteiger partial charge in [0.25, 0.3) is 0 Å². The average molecular weight is 566 g/mol. The molecule has 3 atom stereocenters. The Bertz CT molecular complexity index is 1740. The third-order valence-corrected chi connectivity index (χ3v) is 11.2. The number of hydrogen-bond donors (Lipinski definition) is 0. The smallest absolute Gasteiger partial charge is 0.178 e. The minimum Gasteiger partial charge on any atom is -0.472 e. The van der Waals surface area contributed by atoms with Crippen LogP contribution in [0.25, 0.3) is 16.8 Å². The highest BCUT2D eigenvalue weighted by Crippen LogP contribution is 2.61. The molecule has 0 bridgehead atoms. The Kier molecular flexibility index (Phi) is 6.33. The summed E-state index contributed by atoms with van der Waals surface area (Å²) in [6.45, 7) is 2.44. The van der Waals surface area contributed by atoms with E-state index < -0.39 is 5.60 Å². The van der Waals surface area contributed by atoms with Gasteiger partial charge < -0.3 is 9.64 Å². The van der Waals surface area contributed by atoms with E-state index in [0.717, 1.165) is 23.3 Å². The number of nitrogens with zero attached hydrogens (tertiary/aromatic N) is 1. The van der Waals surface area contributed by atoms with Crippen molar-refractivity contribution in [3.8, 4) is 5.75 Å². The Morgan fingerprint density at radius 2 is 1.40 bits per heavy atom. The second-order valence-electron chi connectivity index (χ2n) is 13.8. The van der Waals surface area contributed by atoms with Crippen LogP contribution in [0, 0.1) is 11.8 Å². The number of hydrogen-bond acceptors (Lipinski definition) is 2. The Balaban J connectivity index is 1.39. The fraction of sp³-hybridized carbons (Fsp3) is 0.366. The Morgan fingerprint density at radius 3 is 2.09 bits per heavy atom. The van der Waals surface area contributed by atoms with E-state index in [0.29, 0.717) is 11.8 Å². The van der Waals surface area contributed by atoms with Gasteiger partial charge >= 0.3 is 0 Å². The third-order valence-electron chi connectivity index (χ3n) is 11.2. The van der Waals surface area contributed by atoms with Gasteiger partial charge in [0.05, 0.1) is 0 Å². The lowest BCUT2D eigenvalue weighted by Crippen LogP contribution is -2.46. The lowest BCUT2D eigenvalue weighted by Gasteiger charge is -2.54. The summed E-state index contributed by atoms with van der Waals surface area (Å²) in [5.41, 5.74) is 9.22. The predicted octanol–water partition coefficient (Wildman–Crippen LogP) is 9.99. The number of allylic oxidation sites excluding steroid dienone is 2. The molecule has 8 rings (SSSR count). The van der Waals surface area contributed by atoms with Crippen LogP contribution in [0.3, 0.4) is 0 Å². The molecule has 2 nitrogen and oxygen atoms in total. The summed E-state index contributed by atoms with van der Waals surface area (Å²) in [7, 11) is 4.19. The Labute approximate surface area is 257 Å². The summed E-state index contributed by atoms with van der Waals surface area (Å²) in [5, 5.41) is 2.65. The van der Waals surface area contributed by atoms with E-state index in [1.54, 1.807) is 16.7 Å². The number of benzene rings is 4. The van der Waals surface area contributed by atoms with Crippen LogP contribution in [0.4, 0.5) is 5.69 Å². The molecular weight excluding hydrogens is 522 g/mol. The fourth-order valence-corrected chi connectivity index (χ4v) is 9.00. The molecule has 3 aliphatic carbocycles. The van der Waals surface area contributed by atoms with Gasteiger partial charge in [0, 0.05) is 47.3 Å². The predicted molar refractivity (Wildman–Crippen MR) is 180 cm³/mol. The van der Waals surface area contributed by atoms with Crippen LogP contribution < -0.4 is 9.64 Å². The van der Waals surface area contributed by atoms with Gasteiger partial charge in [0.2, 0.25) is 0 Å². The highest BCUT2D eigenvalue weighted by molar-refractivity contribution is 5.98. The first-order chi connectivity index (χ1) is 21.0. The molecule has 0 aromatic heterocycles. The SMILES string of the molecule is CC1C=C2C1Cc1c(c3c(c4ccccc14)OC(c1ccccc1)(c1ccc(N(C)C)cc1)C=C3)C21CCCCCCC1. The van der Waals surface area contributed by atoms with Crippen molar-refractivity contribution in [1.82, 2.24) is 0 Å². The second kappa shape index (κ2) is 10.2. The van der Waals surface area contributed by atoms with Gasteiger partial charge in [-0.2, -0.15) is 0 Å². The zero-order valence-electron chi connectivity index (χ0n) is 25.9. The van der Waals surface area contributed by atoms with Crippen molar-refractivity contribution in [1.29, 1.82) is 0 Å². The molecule has 3 unspecified atom stereocenters. The van der Waals surface area contributed by atoms with E-state index >= 15 is 0 Å². The maximum Gasteiger partial charge on any atom is 0.178 e. The summed E-state index contributed by atoms with van der Waals surface area (Å²) in [5.74, 6) is 2.41. The summed E-state index contributed by atoms with van der Waals surface area (Å²) in [4.78, 5) is 2.16. The van der Waals surface area contributed by atoms with E-state index in [2.05, 4.69) is 123 Å². The monoisotopic (exact) mass is 565 g/mol. The van der Waals surface area contributed by atoms with Crippen molar-refractivity contribution in [2.45, 2.75) is 69.3 Å². The molecule has 4 aliphatic rings. The number of anilines is 1. The number of ether oxygens (including phenoxy) is 1. The molecule has 2 heteroatoms. The van der Waals surface area contributed by atoms with Crippen molar-refractivity contribution < 1.29 is 4.74 Å². The van der Waals surface area contributed by atoms with Crippen molar-refractivity contribution in [2.75, 3.05) is 19.0 Å². The summed E-state index contributed by atoms with van der Waals surface area (Å²) >= 11 is 0. The van der Waals surface area contributed by atoms with Crippen LogP contribution in [-0.4, -0.2) is 14.1 Å². The van der Waals surface area contributed by atoms with Crippen molar-refractivity contribution in [3.63, 3.8) is 0 Å². The molecule has 218 valence electrons. The molecule has 1 aliphatic heterocycles. The van der Waals surface area contributed by atoms with Crippen LogP contribution in [0.15, 0.2) is 96.6 Å². The minimum atomic E-state index is -0.703. The van der Waals surface area contributed by atoms with Crippen LogP contribution in [0.1, 0.15) is 79.7 Å². The average Bonchev–Trinajstić information content (AvgIpc) is 3.03. The molecule has 43 heavy (non-hydrogen) atoms. The van der Waals surface area contributed by atoms with Crippen LogP contribution in [0.2, 0.25) is 0 Å². The van der Waals surface area contributed by atoms with Crippen LogP contribution >= 0.6 is 0 Å². The molecular formula is C41H43NO. The van der Waals surface area contributed by atoms with Crippen LogP contribution in [-0.2, 0) is 17.4 Å². The molecule has 1 spiro atoms. The van der Waals surface area contributed by atoms with Gasteiger partial charge in [0.15, 0.2) is 5.60 Å². The van der Waals surface area contributed by atoms with E-state index in [9.17, 15) is 0 Å². The first-order valence-electron chi connectivity index (χ1n) is 16.5. The summed E-state index contributed by atoms with van der Waals surface area (Å²) < 4.78 is 7.54. The molecule has 1 fully saturated rings. The van der Waals surface area contributed by atoms with E-state index in [4.69, 9.17) is 4.74 Å². The number of fused-ring (bicyclic) bond motifs is 9. The van der Waals surface area contributed by atoms with Gasteiger partial charge in [-0.15, -0.1) is 0 Å². The Hall–Kier alpha value is -3.78. The zero-order valence-corrected chi connectivity index (χ0v) is 25.9. The fourth-order valence-electron chi connectivity index (χ4n) is 9.00. The van der Waals surface area contributed by atoms with Gasteiger partial charge in [-0.25, -0.2) is 0 Å². The highest BCUT2D eigenvalue weighted by Gasteiger charge is 2.52. The maximum absolute atomic E-state index is 7.54. The maximum atomic E-state index is 7.54. The summed E-state index contributed by atoms with van der Waals surface area (Å²) in [6, 6.07) is 28.8. The summed E-state index contributed by atoms with van der Waals surface area (Å²) in [6.07, 6.45) is 17.9. The van der Waals surface area contributed by atoms with Gasteiger partial charge in [0.1, 0.15) is 5.75 Å². The number of rotatable bonds is 3. The van der Waals surface area contributed by atoms with Crippen molar-refractivity contribution in [2.24, 2.45) is 11.8 Å². The minimum absolute atomic E-state index is 0.132. The van der Waals surface area contributed by atoms with Gasteiger partial charge in [-0.1, -0.05) is 123 Å². The molecule has 1 saturated carbocycles. The molecule has 1 heterocycles. The second-order valence-corrected chi connectivity index (χ2v) is 13.8. The van der Waals surface area contributed by atoms with E-state index in [1.165, 1.54) is 67.0 Å². The first-order valence-corrected chi connectivity index (χ1v) is 16.5. The molecule has 0 saturated heterocycles.